The normalized spacial score (nSPS) is 15.0. The van der Waals surface area contributed by atoms with Gasteiger partial charge in [0.15, 0.2) is 11.5 Å². The molecule has 0 saturated heterocycles. The highest BCUT2D eigenvalue weighted by Gasteiger charge is 2.28. The first kappa shape index (κ1) is 17.1. The standard InChI is InChI=1S/C20H24N2O3/c1-20(2)12-13-10-17(24-4)18(25-5)11-16(13)19(22-20)21-14-6-8-15(23-3)9-7-14/h6-11H,12H2,1-5H3,(H,21,22). The predicted octanol–water partition coefficient (Wildman–Crippen LogP) is 3.91. The molecule has 0 aromatic heterocycles. The van der Waals surface area contributed by atoms with Crippen molar-refractivity contribution in [3.63, 3.8) is 0 Å². The van der Waals surface area contributed by atoms with Gasteiger partial charge in [0.05, 0.1) is 26.9 Å². The van der Waals surface area contributed by atoms with Gasteiger partial charge in [-0.2, -0.15) is 0 Å². The van der Waals surface area contributed by atoms with E-state index < -0.39 is 0 Å². The number of hydrogen-bond acceptors (Lipinski definition) is 5. The average molecular weight is 340 g/mol. The Kier molecular flexibility index (Phi) is 4.57. The second-order valence-electron chi connectivity index (χ2n) is 6.67. The zero-order valence-electron chi connectivity index (χ0n) is 15.3. The maximum atomic E-state index is 5.46. The fourth-order valence-corrected chi connectivity index (χ4v) is 3.06. The molecule has 1 aliphatic heterocycles. The molecular weight excluding hydrogens is 316 g/mol. The maximum absolute atomic E-state index is 5.46. The second kappa shape index (κ2) is 6.67. The molecule has 0 unspecified atom stereocenters. The monoisotopic (exact) mass is 340 g/mol. The Morgan fingerprint density at radius 3 is 2.16 bits per heavy atom. The molecule has 1 N–H and O–H groups in total. The molecular formula is C20H24N2O3. The highest BCUT2D eigenvalue weighted by Crippen LogP contribution is 2.36. The highest BCUT2D eigenvalue weighted by atomic mass is 16.5. The lowest BCUT2D eigenvalue weighted by atomic mass is 9.88. The summed E-state index contributed by atoms with van der Waals surface area (Å²) in [5.41, 5.74) is 2.99. The Bertz CT molecular complexity index is 795. The Morgan fingerprint density at radius 2 is 1.56 bits per heavy atom. The lowest BCUT2D eigenvalue weighted by Crippen LogP contribution is -2.32. The number of benzene rings is 2. The minimum atomic E-state index is -0.193. The summed E-state index contributed by atoms with van der Waals surface area (Å²) in [5.74, 6) is 3.09. The summed E-state index contributed by atoms with van der Waals surface area (Å²) in [5, 5.41) is 3.43. The van der Waals surface area contributed by atoms with E-state index in [1.54, 1.807) is 21.3 Å². The number of methoxy groups -OCH3 is 3. The van der Waals surface area contributed by atoms with Crippen LogP contribution in [-0.2, 0) is 6.42 Å². The first-order valence-corrected chi connectivity index (χ1v) is 8.22. The van der Waals surface area contributed by atoms with Gasteiger partial charge in [-0.3, -0.25) is 4.99 Å². The van der Waals surface area contributed by atoms with Crippen LogP contribution in [0.25, 0.3) is 0 Å². The van der Waals surface area contributed by atoms with E-state index in [4.69, 9.17) is 19.2 Å². The Morgan fingerprint density at radius 1 is 0.920 bits per heavy atom. The van der Waals surface area contributed by atoms with Crippen LogP contribution in [0.5, 0.6) is 17.2 Å². The van der Waals surface area contributed by atoms with Crippen LogP contribution in [0, 0.1) is 0 Å². The van der Waals surface area contributed by atoms with Crippen molar-refractivity contribution in [2.75, 3.05) is 26.6 Å². The number of aliphatic imine (C=N–C) groups is 1. The van der Waals surface area contributed by atoms with E-state index in [1.807, 2.05) is 36.4 Å². The minimum Gasteiger partial charge on any atom is -0.497 e. The first-order valence-electron chi connectivity index (χ1n) is 8.22. The number of amidine groups is 1. The van der Waals surface area contributed by atoms with Gasteiger partial charge in [0, 0.05) is 11.3 Å². The van der Waals surface area contributed by atoms with Crippen molar-refractivity contribution in [3.05, 3.63) is 47.5 Å². The molecule has 2 aromatic rings. The van der Waals surface area contributed by atoms with Crippen molar-refractivity contribution in [1.29, 1.82) is 0 Å². The summed E-state index contributed by atoms with van der Waals surface area (Å²) < 4.78 is 16.1. The van der Waals surface area contributed by atoms with E-state index >= 15 is 0 Å². The van der Waals surface area contributed by atoms with E-state index in [1.165, 1.54) is 5.56 Å². The summed E-state index contributed by atoms with van der Waals surface area (Å²) in [7, 11) is 4.96. The predicted molar refractivity (Wildman–Crippen MR) is 100 cm³/mol. The number of ether oxygens (including phenoxy) is 3. The highest BCUT2D eigenvalue weighted by molar-refractivity contribution is 6.10. The van der Waals surface area contributed by atoms with E-state index in [-0.39, 0.29) is 5.54 Å². The maximum Gasteiger partial charge on any atom is 0.161 e. The van der Waals surface area contributed by atoms with Gasteiger partial charge < -0.3 is 19.5 Å². The molecule has 0 bridgehead atoms. The zero-order chi connectivity index (χ0) is 18.0. The average Bonchev–Trinajstić information content (AvgIpc) is 2.60. The van der Waals surface area contributed by atoms with E-state index in [9.17, 15) is 0 Å². The van der Waals surface area contributed by atoms with Crippen LogP contribution in [-0.4, -0.2) is 32.7 Å². The van der Waals surface area contributed by atoms with Crippen LogP contribution in [0.4, 0.5) is 5.69 Å². The largest absolute Gasteiger partial charge is 0.497 e. The van der Waals surface area contributed by atoms with Crippen LogP contribution >= 0.6 is 0 Å². The van der Waals surface area contributed by atoms with Gasteiger partial charge in [0.25, 0.3) is 0 Å². The van der Waals surface area contributed by atoms with Gasteiger partial charge in [-0.05, 0) is 62.2 Å². The van der Waals surface area contributed by atoms with Crippen molar-refractivity contribution >= 4 is 11.5 Å². The van der Waals surface area contributed by atoms with Crippen LogP contribution in [0.2, 0.25) is 0 Å². The molecule has 2 aromatic carbocycles. The van der Waals surface area contributed by atoms with Gasteiger partial charge in [-0.1, -0.05) is 0 Å². The van der Waals surface area contributed by atoms with Crippen molar-refractivity contribution in [2.24, 2.45) is 4.99 Å². The number of rotatable bonds is 4. The lowest BCUT2D eigenvalue weighted by molar-refractivity contribution is 0.353. The zero-order valence-corrected chi connectivity index (χ0v) is 15.3. The molecule has 3 rings (SSSR count). The molecule has 5 heteroatoms. The van der Waals surface area contributed by atoms with E-state index in [0.29, 0.717) is 5.75 Å². The molecule has 132 valence electrons. The van der Waals surface area contributed by atoms with Crippen LogP contribution in [0.15, 0.2) is 41.4 Å². The SMILES string of the molecule is COc1ccc(NC2=NC(C)(C)Cc3cc(OC)c(OC)cc32)cc1. The Balaban J connectivity index is 2.01. The van der Waals surface area contributed by atoms with E-state index in [2.05, 4.69) is 19.2 Å². The number of hydrogen-bond donors (Lipinski definition) is 1. The second-order valence-corrected chi connectivity index (χ2v) is 6.67. The third-order valence-electron chi connectivity index (χ3n) is 4.25. The first-order chi connectivity index (χ1) is 12.0. The molecule has 0 aliphatic carbocycles. The molecule has 0 fully saturated rings. The molecule has 0 amide bonds. The molecule has 0 radical (unpaired) electrons. The van der Waals surface area contributed by atoms with Gasteiger partial charge in [0.1, 0.15) is 11.6 Å². The van der Waals surface area contributed by atoms with Crippen molar-refractivity contribution in [2.45, 2.75) is 25.8 Å². The van der Waals surface area contributed by atoms with Gasteiger partial charge in [-0.25, -0.2) is 0 Å². The molecule has 0 atom stereocenters. The molecule has 1 aliphatic rings. The fourth-order valence-electron chi connectivity index (χ4n) is 3.06. The Hall–Kier alpha value is -2.69. The van der Waals surface area contributed by atoms with Crippen molar-refractivity contribution < 1.29 is 14.2 Å². The van der Waals surface area contributed by atoms with E-state index in [0.717, 1.165) is 35.0 Å². The summed E-state index contributed by atoms with van der Waals surface area (Å²) >= 11 is 0. The molecule has 25 heavy (non-hydrogen) atoms. The number of nitrogens with one attached hydrogen (secondary N) is 1. The number of nitrogens with zero attached hydrogens (tertiary/aromatic N) is 1. The quantitative estimate of drug-likeness (QED) is 0.917. The third kappa shape index (κ3) is 3.55. The van der Waals surface area contributed by atoms with Gasteiger partial charge >= 0.3 is 0 Å². The molecule has 5 nitrogen and oxygen atoms in total. The van der Waals surface area contributed by atoms with Crippen LogP contribution < -0.4 is 19.5 Å². The summed E-state index contributed by atoms with van der Waals surface area (Å²) in [6.07, 6.45) is 0.844. The van der Waals surface area contributed by atoms with Crippen LogP contribution in [0.1, 0.15) is 25.0 Å². The Labute approximate surface area is 148 Å². The molecule has 0 saturated carbocycles. The van der Waals surface area contributed by atoms with Gasteiger partial charge in [0.2, 0.25) is 0 Å². The minimum absolute atomic E-state index is 0.193. The third-order valence-corrected chi connectivity index (χ3v) is 4.25. The fraction of sp³-hybridized carbons (Fsp3) is 0.350. The smallest absolute Gasteiger partial charge is 0.161 e. The van der Waals surface area contributed by atoms with Crippen LogP contribution in [0.3, 0.4) is 0 Å². The molecule has 1 heterocycles. The van der Waals surface area contributed by atoms with Crippen molar-refractivity contribution in [3.8, 4) is 17.2 Å². The van der Waals surface area contributed by atoms with Crippen molar-refractivity contribution in [1.82, 2.24) is 0 Å². The number of fused-ring (bicyclic) bond motifs is 1. The number of anilines is 1. The molecule has 0 spiro atoms. The lowest BCUT2D eigenvalue weighted by Gasteiger charge is -2.30. The van der Waals surface area contributed by atoms with Gasteiger partial charge in [-0.15, -0.1) is 0 Å². The summed E-state index contributed by atoms with van der Waals surface area (Å²) in [4.78, 5) is 4.90. The summed E-state index contributed by atoms with van der Waals surface area (Å²) in [6, 6.07) is 11.8. The topological polar surface area (TPSA) is 52.1 Å². The summed E-state index contributed by atoms with van der Waals surface area (Å²) in [6.45, 7) is 4.25.